The van der Waals surface area contributed by atoms with Crippen LogP contribution in [0.4, 0.5) is 4.39 Å². The number of ketones is 1. The number of halogens is 3. The summed E-state index contributed by atoms with van der Waals surface area (Å²) in [6, 6.07) is 1.03. The lowest BCUT2D eigenvalue weighted by Crippen LogP contribution is -2.14. The molecule has 0 aliphatic heterocycles. The van der Waals surface area contributed by atoms with Gasteiger partial charge < -0.3 is 0 Å². The number of rotatable bonds is 2. The molecule has 5 heteroatoms. The topological polar surface area (TPSA) is 30.0 Å². The van der Waals surface area contributed by atoms with Crippen LogP contribution < -0.4 is 0 Å². The van der Waals surface area contributed by atoms with Crippen LogP contribution in [-0.2, 0) is 0 Å². The van der Waals surface area contributed by atoms with Crippen molar-refractivity contribution >= 4 is 29.0 Å². The average molecular weight is 264 g/mol. The van der Waals surface area contributed by atoms with Crippen LogP contribution in [-0.4, -0.2) is 10.8 Å². The van der Waals surface area contributed by atoms with Gasteiger partial charge in [0.25, 0.3) is 0 Å². The first kappa shape index (κ1) is 13.4. The van der Waals surface area contributed by atoms with Crippen molar-refractivity contribution in [3.63, 3.8) is 0 Å². The number of carbonyl (C=O) groups is 1. The Hall–Kier alpha value is -0.670. The number of aromatic nitrogens is 1. The van der Waals surface area contributed by atoms with Gasteiger partial charge in [-0.3, -0.25) is 4.79 Å². The van der Waals surface area contributed by atoms with E-state index < -0.39 is 5.82 Å². The van der Waals surface area contributed by atoms with Gasteiger partial charge in [0.05, 0.1) is 5.56 Å². The Kier molecular flexibility index (Phi) is 3.92. The Bertz CT molecular complexity index is 427. The van der Waals surface area contributed by atoms with Gasteiger partial charge in [-0.25, -0.2) is 9.37 Å². The van der Waals surface area contributed by atoms with Crippen molar-refractivity contribution in [3.8, 4) is 0 Å². The Labute approximate surface area is 104 Å². The molecule has 0 aliphatic rings. The summed E-state index contributed by atoms with van der Waals surface area (Å²) in [6.07, 6.45) is 0.273. The summed E-state index contributed by atoms with van der Waals surface area (Å²) < 4.78 is 13.1. The van der Waals surface area contributed by atoms with E-state index in [2.05, 4.69) is 4.98 Å². The lowest BCUT2D eigenvalue weighted by atomic mass is 9.88. The summed E-state index contributed by atoms with van der Waals surface area (Å²) in [5, 5.41) is -0.377. The summed E-state index contributed by atoms with van der Waals surface area (Å²) in [7, 11) is 0. The van der Waals surface area contributed by atoms with Gasteiger partial charge in [-0.2, -0.15) is 0 Å². The molecule has 1 aromatic heterocycles. The number of carbonyl (C=O) groups excluding carboxylic acids is 1. The standard InChI is InChI=1S/C11H12Cl2FNO/c1-11(2,3)5-8(16)6-4-7(14)10(13)15-9(6)12/h4H,5H2,1-3H3. The highest BCUT2D eigenvalue weighted by Crippen LogP contribution is 2.26. The number of nitrogens with zero attached hydrogens (tertiary/aromatic N) is 1. The highest BCUT2D eigenvalue weighted by molar-refractivity contribution is 6.34. The molecule has 88 valence electrons. The predicted molar refractivity (Wildman–Crippen MR) is 62.6 cm³/mol. The Morgan fingerprint density at radius 1 is 1.38 bits per heavy atom. The largest absolute Gasteiger partial charge is 0.294 e. The van der Waals surface area contributed by atoms with Crippen molar-refractivity contribution in [2.24, 2.45) is 5.41 Å². The van der Waals surface area contributed by atoms with Crippen LogP contribution in [0, 0.1) is 11.2 Å². The molecular weight excluding hydrogens is 252 g/mol. The second kappa shape index (κ2) is 4.68. The van der Waals surface area contributed by atoms with Crippen LogP contribution in [0.15, 0.2) is 6.07 Å². The Morgan fingerprint density at radius 2 is 1.94 bits per heavy atom. The van der Waals surface area contributed by atoms with Crippen LogP contribution >= 0.6 is 23.2 Å². The zero-order valence-electron chi connectivity index (χ0n) is 9.27. The molecule has 0 spiro atoms. The number of hydrogen-bond acceptors (Lipinski definition) is 2. The first-order valence-corrected chi connectivity index (χ1v) is 5.51. The van der Waals surface area contributed by atoms with Crippen molar-refractivity contribution in [3.05, 3.63) is 27.8 Å². The molecule has 0 fully saturated rings. The van der Waals surface area contributed by atoms with Crippen molar-refractivity contribution in [1.82, 2.24) is 4.98 Å². The summed E-state index contributed by atoms with van der Waals surface area (Å²) in [5.41, 5.74) is -0.102. The highest BCUT2D eigenvalue weighted by Gasteiger charge is 2.21. The quantitative estimate of drug-likeness (QED) is 0.593. The molecule has 16 heavy (non-hydrogen) atoms. The second-order valence-corrected chi connectivity index (χ2v) is 5.48. The molecule has 0 unspecified atom stereocenters. The fourth-order valence-electron chi connectivity index (χ4n) is 1.22. The maximum Gasteiger partial charge on any atom is 0.166 e. The molecule has 1 rings (SSSR count). The van der Waals surface area contributed by atoms with Crippen molar-refractivity contribution in [1.29, 1.82) is 0 Å². The van der Waals surface area contributed by atoms with Crippen LogP contribution in [0.25, 0.3) is 0 Å². The number of Topliss-reactive ketones (excluding diaryl/α,β-unsaturated/α-hetero) is 1. The first-order chi connectivity index (χ1) is 7.20. The minimum atomic E-state index is -0.733. The molecule has 0 aliphatic carbocycles. The smallest absolute Gasteiger partial charge is 0.166 e. The number of pyridine rings is 1. The molecule has 0 amide bonds. The molecule has 0 atom stereocenters. The lowest BCUT2D eigenvalue weighted by molar-refractivity contribution is 0.0939. The summed E-state index contributed by atoms with van der Waals surface area (Å²) >= 11 is 11.2. The lowest BCUT2D eigenvalue weighted by Gasteiger charge is -2.17. The molecule has 0 radical (unpaired) electrons. The third kappa shape index (κ3) is 3.42. The minimum absolute atomic E-state index is 0.0550. The first-order valence-electron chi connectivity index (χ1n) is 4.75. The minimum Gasteiger partial charge on any atom is -0.294 e. The van der Waals surface area contributed by atoms with Crippen LogP contribution in [0.5, 0.6) is 0 Å². The van der Waals surface area contributed by atoms with Gasteiger partial charge in [0, 0.05) is 6.42 Å². The normalized spacial score (nSPS) is 11.6. The van der Waals surface area contributed by atoms with Gasteiger partial charge in [-0.15, -0.1) is 0 Å². The van der Waals surface area contributed by atoms with E-state index in [1.807, 2.05) is 20.8 Å². The molecule has 0 bridgehead atoms. The van der Waals surface area contributed by atoms with E-state index >= 15 is 0 Å². The Balaban J connectivity index is 3.05. The third-order valence-corrected chi connectivity index (χ3v) is 2.43. The number of hydrogen-bond donors (Lipinski definition) is 0. The maximum absolute atomic E-state index is 13.1. The van der Waals surface area contributed by atoms with Crippen LogP contribution in [0.1, 0.15) is 37.6 Å². The fraction of sp³-hybridized carbons (Fsp3) is 0.455. The fourth-order valence-corrected chi connectivity index (χ4v) is 1.64. The van der Waals surface area contributed by atoms with Gasteiger partial charge in [-0.1, -0.05) is 44.0 Å². The summed E-state index contributed by atoms with van der Waals surface area (Å²) in [5.74, 6) is -0.969. The highest BCUT2D eigenvalue weighted by atomic mass is 35.5. The third-order valence-electron chi connectivity index (χ3n) is 1.88. The summed E-state index contributed by atoms with van der Waals surface area (Å²) in [6.45, 7) is 5.75. The molecular formula is C11H12Cl2FNO. The van der Waals surface area contributed by atoms with Gasteiger partial charge in [0.15, 0.2) is 16.8 Å². The van der Waals surface area contributed by atoms with Crippen molar-refractivity contribution in [2.75, 3.05) is 0 Å². The zero-order chi connectivity index (χ0) is 12.5. The zero-order valence-corrected chi connectivity index (χ0v) is 10.8. The monoisotopic (exact) mass is 263 g/mol. The molecule has 2 nitrogen and oxygen atoms in total. The van der Waals surface area contributed by atoms with E-state index in [0.29, 0.717) is 0 Å². The second-order valence-electron chi connectivity index (χ2n) is 4.76. The van der Waals surface area contributed by atoms with Crippen molar-refractivity contribution < 1.29 is 9.18 Å². The van der Waals surface area contributed by atoms with Gasteiger partial charge in [0.2, 0.25) is 0 Å². The molecule has 1 heterocycles. The molecule has 1 aromatic rings. The average Bonchev–Trinajstić information content (AvgIpc) is 2.08. The van der Waals surface area contributed by atoms with Crippen molar-refractivity contribution in [2.45, 2.75) is 27.2 Å². The van der Waals surface area contributed by atoms with E-state index in [-0.39, 0.29) is 33.5 Å². The Morgan fingerprint density at radius 3 is 2.44 bits per heavy atom. The van der Waals surface area contributed by atoms with E-state index in [4.69, 9.17) is 23.2 Å². The van der Waals surface area contributed by atoms with Crippen LogP contribution in [0.3, 0.4) is 0 Å². The van der Waals surface area contributed by atoms with E-state index in [0.717, 1.165) is 6.07 Å². The predicted octanol–water partition coefficient (Wildman–Crippen LogP) is 4.15. The van der Waals surface area contributed by atoms with Gasteiger partial charge >= 0.3 is 0 Å². The molecule has 0 saturated heterocycles. The van der Waals surface area contributed by atoms with Gasteiger partial charge in [0.1, 0.15) is 5.15 Å². The van der Waals surface area contributed by atoms with E-state index in [9.17, 15) is 9.18 Å². The molecule has 0 saturated carbocycles. The van der Waals surface area contributed by atoms with E-state index in [1.54, 1.807) is 0 Å². The summed E-state index contributed by atoms with van der Waals surface area (Å²) in [4.78, 5) is 15.4. The van der Waals surface area contributed by atoms with Gasteiger partial charge in [-0.05, 0) is 11.5 Å². The molecule has 0 N–H and O–H groups in total. The SMILES string of the molecule is CC(C)(C)CC(=O)c1cc(F)c(Cl)nc1Cl. The maximum atomic E-state index is 13.1. The molecule has 0 aromatic carbocycles. The van der Waals surface area contributed by atoms with Crippen LogP contribution in [0.2, 0.25) is 10.3 Å². The van der Waals surface area contributed by atoms with E-state index in [1.165, 1.54) is 0 Å².